The molecule has 0 radical (unpaired) electrons. The van der Waals surface area contributed by atoms with Gasteiger partial charge in [-0.1, -0.05) is 13.0 Å². The summed E-state index contributed by atoms with van der Waals surface area (Å²) >= 11 is 2.02. The van der Waals surface area contributed by atoms with Gasteiger partial charge >= 0.3 is 0 Å². The Hall–Kier alpha value is -1.34. The molecule has 1 saturated heterocycles. The Bertz CT molecular complexity index is 444. The number of unbranched alkanes of at least 4 members (excludes halogenated alkanes) is 1. The van der Waals surface area contributed by atoms with Gasteiger partial charge in [0.15, 0.2) is 0 Å². The van der Waals surface area contributed by atoms with E-state index in [1.807, 2.05) is 30.0 Å². The van der Waals surface area contributed by atoms with Crippen LogP contribution in [0.1, 0.15) is 26.2 Å². The summed E-state index contributed by atoms with van der Waals surface area (Å²) in [4.78, 5) is 0. The summed E-state index contributed by atoms with van der Waals surface area (Å²) in [6.07, 6.45) is 2.55. The molecule has 2 atom stereocenters. The van der Waals surface area contributed by atoms with E-state index in [0.717, 1.165) is 23.1 Å². The summed E-state index contributed by atoms with van der Waals surface area (Å²) in [6, 6.07) is 10.8. The van der Waals surface area contributed by atoms with Crippen LogP contribution in [-0.2, 0) is 0 Å². The lowest BCUT2D eigenvalue weighted by molar-refractivity contribution is 0.313. The van der Waals surface area contributed by atoms with Crippen LogP contribution in [0.25, 0.3) is 0 Å². The van der Waals surface area contributed by atoms with E-state index in [-0.39, 0.29) is 0 Å². The van der Waals surface area contributed by atoms with Gasteiger partial charge in [0.25, 0.3) is 0 Å². The fourth-order valence-electron chi connectivity index (χ4n) is 2.17. The van der Waals surface area contributed by atoms with Crippen LogP contribution in [0, 0.1) is 11.3 Å². The maximum atomic E-state index is 8.47. The molecule has 1 aromatic rings. The molecule has 0 aliphatic carbocycles. The summed E-state index contributed by atoms with van der Waals surface area (Å²) in [7, 11) is 0. The van der Waals surface area contributed by atoms with Crippen molar-refractivity contribution in [3.63, 3.8) is 0 Å². The number of nitrogens with zero attached hydrogens (tertiary/aromatic N) is 1. The van der Waals surface area contributed by atoms with Crippen molar-refractivity contribution in [2.75, 3.05) is 17.7 Å². The molecule has 1 aliphatic heterocycles. The van der Waals surface area contributed by atoms with E-state index in [1.54, 1.807) is 0 Å². The van der Waals surface area contributed by atoms with E-state index in [0.29, 0.717) is 19.1 Å². The van der Waals surface area contributed by atoms with E-state index in [1.165, 1.54) is 12.2 Å². The Morgan fingerprint density at radius 2 is 2.42 bits per heavy atom. The Morgan fingerprint density at radius 1 is 1.53 bits per heavy atom. The number of benzene rings is 1. The molecule has 2 unspecified atom stereocenters. The molecule has 19 heavy (non-hydrogen) atoms. The van der Waals surface area contributed by atoms with Crippen LogP contribution in [-0.4, -0.2) is 23.7 Å². The second-order valence-electron chi connectivity index (χ2n) is 4.86. The van der Waals surface area contributed by atoms with Gasteiger partial charge in [0.05, 0.1) is 12.7 Å². The van der Waals surface area contributed by atoms with Gasteiger partial charge in [-0.05, 0) is 25.0 Å². The van der Waals surface area contributed by atoms with Crippen LogP contribution >= 0.6 is 11.8 Å². The Kier molecular flexibility index (Phi) is 5.41. The Labute approximate surface area is 119 Å². The molecular weight excluding hydrogens is 256 g/mol. The zero-order valence-electron chi connectivity index (χ0n) is 11.3. The first kappa shape index (κ1) is 14.1. The van der Waals surface area contributed by atoms with E-state index < -0.39 is 0 Å². The average Bonchev–Trinajstić information content (AvgIpc) is 2.81. The predicted molar refractivity (Wildman–Crippen MR) is 80.7 cm³/mol. The molecule has 4 heteroatoms. The summed E-state index contributed by atoms with van der Waals surface area (Å²) in [6.45, 7) is 2.88. The fraction of sp³-hybridized carbons (Fsp3) is 0.533. The largest absolute Gasteiger partial charge is 0.493 e. The van der Waals surface area contributed by atoms with Crippen molar-refractivity contribution in [1.82, 2.24) is 0 Å². The van der Waals surface area contributed by atoms with Crippen LogP contribution in [0.2, 0.25) is 0 Å². The molecule has 3 nitrogen and oxygen atoms in total. The second-order valence-corrected chi connectivity index (χ2v) is 6.33. The normalized spacial score (nSPS) is 21.9. The topological polar surface area (TPSA) is 45.0 Å². The van der Waals surface area contributed by atoms with Gasteiger partial charge in [0, 0.05) is 35.2 Å². The summed E-state index contributed by atoms with van der Waals surface area (Å²) < 4.78 is 5.64. The molecule has 1 heterocycles. The number of rotatable bonds is 6. The standard InChI is InChI=1S/C15H20N2OS/c1-12-9-14(11-19-12)17-13-5-4-6-15(10-13)18-8-3-2-7-16/h4-6,10,12,14,17H,2-3,8-9,11H2,1H3. The maximum Gasteiger partial charge on any atom is 0.121 e. The van der Waals surface area contributed by atoms with Crippen molar-refractivity contribution in [3.05, 3.63) is 24.3 Å². The van der Waals surface area contributed by atoms with E-state index in [9.17, 15) is 0 Å². The van der Waals surface area contributed by atoms with Crippen molar-refractivity contribution in [2.24, 2.45) is 0 Å². The zero-order valence-corrected chi connectivity index (χ0v) is 12.1. The monoisotopic (exact) mass is 276 g/mol. The maximum absolute atomic E-state index is 8.47. The first-order chi connectivity index (χ1) is 9.28. The summed E-state index contributed by atoms with van der Waals surface area (Å²) in [5.41, 5.74) is 1.12. The minimum atomic E-state index is 0.551. The highest BCUT2D eigenvalue weighted by atomic mass is 32.2. The molecule has 1 aromatic carbocycles. The molecule has 2 rings (SSSR count). The molecule has 1 aliphatic rings. The lowest BCUT2D eigenvalue weighted by Gasteiger charge is -2.14. The van der Waals surface area contributed by atoms with Gasteiger partial charge in [-0.25, -0.2) is 0 Å². The lowest BCUT2D eigenvalue weighted by atomic mass is 10.2. The molecule has 1 N–H and O–H groups in total. The lowest BCUT2D eigenvalue weighted by Crippen LogP contribution is -2.18. The number of nitrogens with one attached hydrogen (secondary N) is 1. The van der Waals surface area contributed by atoms with Crippen molar-refractivity contribution in [3.8, 4) is 11.8 Å². The number of thioether (sulfide) groups is 1. The molecule has 1 fully saturated rings. The number of hydrogen-bond acceptors (Lipinski definition) is 4. The molecule has 0 aromatic heterocycles. The van der Waals surface area contributed by atoms with Crippen LogP contribution in [0.3, 0.4) is 0 Å². The van der Waals surface area contributed by atoms with E-state index >= 15 is 0 Å². The predicted octanol–water partition coefficient (Wildman–Crippen LogP) is 3.68. The number of hydrogen-bond donors (Lipinski definition) is 1. The van der Waals surface area contributed by atoms with Crippen molar-refractivity contribution < 1.29 is 4.74 Å². The molecular formula is C15H20N2OS. The minimum absolute atomic E-state index is 0.551. The van der Waals surface area contributed by atoms with Crippen molar-refractivity contribution in [1.29, 1.82) is 5.26 Å². The van der Waals surface area contributed by atoms with E-state index in [4.69, 9.17) is 10.00 Å². The number of ether oxygens (including phenoxy) is 1. The quantitative estimate of drug-likeness (QED) is 0.805. The minimum Gasteiger partial charge on any atom is -0.493 e. The SMILES string of the molecule is CC1CC(Nc2cccc(OCCCC#N)c2)CS1. The Morgan fingerprint density at radius 3 is 3.16 bits per heavy atom. The highest BCUT2D eigenvalue weighted by Crippen LogP contribution is 2.29. The Balaban J connectivity index is 1.83. The zero-order chi connectivity index (χ0) is 13.5. The highest BCUT2D eigenvalue weighted by molar-refractivity contribution is 8.00. The third-order valence-corrected chi connectivity index (χ3v) is 4.46. The molecule has 0 bridgehead atoms. The smallest absolute Gasteiger partial charge is 0.121 e. The third kappa shape index (κ3) is 4.68. The molecule has 0 amide bonds. The molecule has 102 valence electrons. The first-order valence-electron chi connectivity index (χ1n) is 6.76. The van der Waals surface area contributed by atoms with Crippen LogP contribution in [0.4, 0.5) is 5.69 Å². The van der Waals surface area contributed by atoms with Gasteiger partial charge in [0.1, 0.15) is 5.75 Å². The summed E-state index contributed by atoms with van der Waals surface area (Å²) in [5, 5.41) is 12.8. The van der Waals surface area contributed by atoms with Gasteiger partial charge in [-0.2, -0.15) is 17.0 Å². The number of anilines is 1. The number of nitriles is 1. The van der Waals surface area contributed by atoms with Gasteiger partial charge < -0.3 is 10.1 Å². The van der Waals surface area contributed by atoms with Gasteiger partial charge in [0.2, 0.25) is 0 Å². The highest BCUT2D eigenvalue weighted by Gasteiger charge is 2.21. The van der Waals surface area contributed by atoms with Crippen LogP contribution in [0.15, 0.2) is 24.3 Å². The van der Waals surface area contributed by atoms with Gasteiger partial charge in [-0.3, -0.25) is 0 Å². The third-order valence-electron chi connectivity index (χ3n) is 3.10. The van der Waals surface area contributed by atoms with E-state index in [2.05, 4.69) is 24.4 Å². The average molecular weight is 276 g/mol. The van der Waals surface area contributed by atoms with Crippen LogP contribution in [0.5, 0.6) is 5.75 Å². The second kappa shape index (κ2) is 7.30. The van der Waals surface area contributed by atoms with Crippen molar-refractivity contribution >= 4 is 17.4 Å². The molecule has 0 saturated carbocycles. The van der Waals surface area contributed by atoms with Crippen LogP contribution < -0.4 is 10.1 Å². The van der Waals surface area contributed by atoms with Crippen molar-refractivity contribution in [2.45, 2.75) is 37.5 Å². The fourth-order valence-corrected chi connectivity index (χ4v) is 3.32. The molecule has 0 spiro atoms. The van der Waals surface area contributed by atoms with Gasteiger partial charge in [-0.15, -0.1) is 0 Å². The summed E-state index contributed by atoms with van der Waals surface area (Å²) in [5.74, 6) is 2.05. The first-order valence-corrected chi connectivity index (χ1v) is 7.81.